The number of aryl methyl sites for hydroxylation is 2. The smallest absolute Gasteiger partial charge is 0.339 e. The number of benzene rings is 2. The molecule has 6 heteroatoms. The number of hydrogen-bond donors (Lipinski definition) is 0. The number of rotatable bonds is 7. The molecule has 0 aliphatic rings. The van der Waals surface area contributed by atoms with E-state index in [2.05, 4.69) is 0 Å². The van der Waals surface area contributed by atoms with Crippen molar-refractivity contribution in [2.75, 3.05) is 6.61 Å². The molecule has 0 saturated heterocycles. The van der Waals surface area contributed by atoms with Crippen LogP contribution >= 0.6 is 0 Å². The first-order chi connectivity index (χ1) is 17.4. The summed E-state index contributed by atoms with van der Waals surface area (Å²) in [5.41, 5.74) is 6.06. The minimum atomic E-state index is -0.556. The van der Waals surface area contributed by atoms with Crippen LogP contribution in [0.15, 0.2) is 83.5 Å². The minimum Gasteiger partial charge on any atom is -0.467 e. The molecule has 0 saturated carbocycles. The molecule has 0 bridgehead atoms. The number of nitrogens with zero attached hydrogens (tertiary/aromatic N) is 2. The molecule has 5 aromatic rings. The van der Waals surface area contributed by atoms with Gasteiger partial charge in [0, 0.05) is 27.9 Å². The van der Waals surface area contributed by atoms with Crippen molar-refractivity contribution in [1.82, 2.24) is 9.55 Å². The maximum Gasteiger partial charge on any atom is 0.339 e. The maximum atomic E-state index is 13.2. The highest BCUT2D eigenvalue weighted by molar-refractivity contribution is 6.06. The van der Waals surface area contributed by atoms with E-state index in [1.165, 1.54) is 0 Å². The van der Waals surface area contributed by atoms with Crippen LogP contribution < -0.4 is 0 Å². The Bertz CT molecular complexity index is 1560. The van der Waals surface area contributed by atoms with Crippen LogP contribution in [0.25, 0.3) is 22.2 Å². The summed E-state index contributed by atoms with van der Waals surface area (Å²) < 4.78 is 13.0. The largest absolute Gasteiger partial charge is 0.467 e. The third-order valence-electron chi connectivity index (χ3n) is 6.39. The number of aromatic nitrogens is 2. The fraction of sp³-hybridized carbons (Fsp3) is 0.167. The molecule has 36 heavy (non-hydrogen) atoms. The second kappa shape index (κ2) is 9.66. The molecule has 0 N–H and O–H groups in total. The molecule has 0 aliphatic carbocycles. The highest BCUT2D eigenvalue weighted by Crippen LogP contribution is 2.26. The Kier molecular flexibility index (Phi) is 6.25. The van der Waals surface area contributed by atoms with Gasteiger partial charge < -0.3 is 13.7 Å². The summed E-state index contributed by atoms with van der Waals surface area (Å²) in [6.45, 7) is 6.03. The number of para-hydroxylation sites is 1. The van der Waals surface area contributed by atoms with E-state index in [0.717, 1.165) is 28.3 Å². The zero-order valence-corrected chi connectivity index (χ0v) is 20.4. The molecule has 3 aromatic heterocycles. The van der Waals surface area contributed by atoms with Crippen molar-refractivity contribution in [2.24, 2.45) is 0 Å². The molecule has 0 fully saturated rings. The third kappa shape index (κ3) is 4.58. The zero-order valence-electron chi connectivity index (χ0n) is 20.4. The number of hydrogen-bond acceptors (Lipinski definition) is 5. The summed E-state index contributed by atoms with van der Waals surface area (Å²) in [6.07, 6.45) is 1.63. The Balaban J connectivity index is 1.38. The fourth-order valence-corrected chi connectivity index (χ4v) is 4.39. The average Bonchev–Trinajstić information content (AvgIpc) is 3.50. The number of esters is 1. The summed E-state index contributed by atoms with van der Waals surface area (Å²) in [5.74, 6) is -0.00450. The average molecular weight is 479 g/mol. The summed E-state index contributed by atoms with van der Waals surface area (Å²) in [7, 11) is 0. The number of ether oxygens (including phenoxy) is 1. The lowest BCUT2D eigenvalue weighted by molar-refractivity contribution is 0.0476. The van der Waals surface area contributed by atoms with Crippen LogP contribution in [0.5, 0.6) is 0 Å². The molecule has 0 amide bonds. The van der Waals surface area contributed by atoms with Crippen LogP contribution in [0.3, 0.4) is 0 Å². The van der Waals surface area contributed by atoms with Crippen LogP contribution in [0, 0.1) is 20.8 Å². The zero-order chi connectivity index (χ0) is 25.2. The minimum absolute atomic E-state index is 0.251. The van der Waals surface area contributed by atoms with Gasteiger partial charge in [-0.15, -0.1) is 0 Å². The maximum absolute atomic E-state index is 13.2. The van der Waals surface area contributed by atoms with Crippen molar-refractivity contribution < 1.29 is 18.7 Å². The van der Waals surface area contributed by atoms with Gasteiger partial charge in [-0.05, 0) is 51.1 Å². The third-order valence-corrected chi connectivity index (χ3v) is 6.39. The van der Waals surface area contributed by atoms with Crippen LogP contribution in [-0.2, 0) is 11.3 Å². The second-order valence-corrected chi connectivity index (χ2v) is 8.89. The van der Waals surface area contributed by atoms with Gasteiger partial charge in [0.15, 0.2) is 6.61 Å². The molecule has 0 spiro atoms. The fourth-order valence-electron chi connectivity index (χ4n) is 4.39. The molecule has 0 unspecified atom stereocenters. The predicted molar refractivity (Wildman–Crippen MR) is 138 cm³/mol. The molecular weight excluding hydrogens is 452 g/mol. The molecule has 0 radical (unpaired) electrons. The van der Waals surface area contributed by atoms with Crippen LogP contribution in [0.2, 0.25) is 0 Å². The van der Waals surface area contributed by atoms with Gasteiger partial charge in [0.1, 0.15) is 5.76 Å². The first-order valence-corrected chi connectivity index (χ1v) is 11.8. The van der Waals surface area contributed by atoms with E-state index in [1.807, 2.05) is 92.1 Å². The first-order valence-electron chi connectivity index (χ1n) is 11.8. The van der Waals surface area contributed by atoms with E-state index in [-0.39, 0.29) is 12.4 Å². The van der Waals surface area contributed by atoms with E-state index < -0.39 is 5.97 Å². The number of pyridine rings is 1. The van der Waals surface area contributed by atoms with E-state index in [1.54, 1.807) is 12.3 Å². The van der Waals surface area contributed by atoms with Crippen molar-refractivity contribution in [1.29, 1.82) is 0 Å². The number of ketones is 1. The van der Waals surface area contributed by atoms with Gasteiger partial charge >= 0.3 is 5.97 Å². The lowest BCUT2D eigenvalue weighted by Gasteiger charge is -2.11. The normalized spacial score (nSPS) is 11.1. The van der Waals surface area contributed by atoms with Gasteiger partial charge in [-0.1, -0.05) is 48.0 Å². The lowest BCUT2D eigenvalue weighted by atomic mass is 10.0. The number of furan rings is 1. The molecular formula is C30H26N2O4. The second-order valence-electron chi connectivity index (χ2n) is 8.89. The van der Waals surface area contributed by atoms with E-state index in [4.69, 9.17) is 14.1 Å². The quantitative estimate of drug-likeness (QED) is 0.202. The molecule has 0 aliphatic heterocycles. The van der Waals surface area contributed by atoms with Gasteiger partial charge in [0.25, 0.3) is 0 Å². The molecule has 180 valence electrons. The van der Waals surface area contributed by atoms with Crippen molar-refractivity contribution in [3.63, 3.8) is 0 Å². The van der Waals surface area contributed by atoms with Crippen molar-refractivity contribution >= 4 is 22.7 Å². The van der Waals surface area contributed by atoms with Gasteiger partial charge in [0.2, 0.25) is 5.78 Å². The summed E-state index contributed by atoms with van der Waals surface area (Å²) in [6, 6.07) is 22.7. The Hall–Kier alpha value is -4.45. The van der Waals surface area contributed by atoms with Crippen LogP contribution in [-0.4, -0.2) is 27.9 Å². The van der Waals surface area contributed by atoms with Crippen molar-refractivity contribution in [3.05, 3.63) is 113 Å². The highest BCUT2D eigenvalue weighted by atomic mass is 16.5. The van der Waals surface area contributed by atoms with Crippen molar-refractivity contribution in [2.45, 2.75) is 27.3 Å². The van der Waals surface area contributed by atoms with Crippen LogP contribution in [0.1, 0.15) is 43.4 Å². The number of carbonyl (C=O) groups excluding carboxylic acids is 2. The van der Waals surface area contributed by atoms with Gasteiger partial charge in [0.05, 0.1) is 29.6 Å². The summed E-state index contributed by atoms with van der Waals surface area (Å²) in [5, 5.41) is 0.683. The Morgan fingerprint density at radius 1 is 0.917 bits per heavy atom. The molecule has 2 aromatic carbocycles. The predicted octanol–water partition coefficient (Wildman–Crippen LogP) is 6.31. The Labute approximate surface area is 209 Å². The molecule has 3 heterocycles. The first kappa shape index (κ1) is 23.3. The number of carbonyl (C=O) groups is 2. The monoisotopic (exact) mass is 478 g/mol. The van der Waals surface area contributed by atoms with Gasteiger partial charge in [-0.3, -0.25) is 4.79 Å². The molecule has 6 nitrogen and oxygen atoms in total. The highest BCUT2D eigenvalue weighted by Gasteiger charge is 2.20. The lowest BCUT2D eigenvalue weighted by Crippen LogP contribution is -2.16. The standard InChI is InChI=1S/C30H26N2O4/c1-19-10-12-22(13-11-19)28-16-26(24-8-4-5-9-27(24)31-28)30(34)36-18-29(33)25-15-20(2)32(21(25)3)17-23-7-6-14-35-23/h4-16H,17-18H2,1-3H3. The van der Waals surface area contributed by atoms with Crippen LogP contribution in [0.4, 0.5) is 0 Å². The topological polar surface area (TPSA) is 74.3 Å². The molecule has 0 atom stereocenters. The summed E-state index contributed by atoms with van der Waals surface area (Å²) >= 11 is 0. The summed E-state index contributed by atoms with van der Waals surface area (Å²) in [4.78, 5) is 30.9. The van der Waals surface area contributed by atoms with Crippen molar-refractivity contribution in [3.8, 4) is 11.3 Å². The molecule has 5 rings (SSSR count). The van der Waals surface area contributed by atoms with E-state index in [0.29, 0.717) is 34.3 Å². The van der Waals surface area contributed by atoms with E-state index >= 15 is 0 Å². The number of fused-ring (bicyclic) bond motifs is 1. The van der Waals surface area contributed by atoms with Gasteiger partial charge in [-0.2, -0.15) is 0 Å². The Morgan fingerprint density at radius 2 is 1.69 bits per heavy atom. The van der Waals surface area contributed by atoms with Gasteiger partial charge in [-0.25, -0.2) is 9.78 Å². The Morgan fingerprint density at radius 3 is 2.44 bits per heavy atom. The van der Waals surface area contributed by atoms with E-state index in [9.17, 15) is 9.59 Å². The number of Topliss-reactive ketones (excluding diaryl/α,β-unsaturated/α-hetero) is 1. The SMILES string of the molecule is Cc1ccc(-c2cc(C(=O)OCC(=O)c3cc(C)n(Cc4ccco4)c3C)c3ccccc3n2)cc1.